The van der Waals surface area contributed by atoms with Gasteiger partial charge in [0.2, 0.25) is 5.91 Å². The van der Waals surface area contributed by atoms with Crippen molar-refractivity contribution in [3.8, 4) is 0 Å². The van der Waals surface area contributed by atoms with Crippen LogP contribution in [0, 0.1) is 5.92 Å². The van der Waals surface area contributed by atoms with Crippen LogP contribution in [0.25, 0.3) is 0 Å². The van der Waals surface area contributed by atoms with Gasteiger partial charge in [0.05, 0.1) is 0 Å². The van der Waals surface area contributed by atoms with Crippen LogP contribution >= 0.6 is 0 Å². The molecule has 2 aliphatic rings. The number of rotatable bonds is 5. The Kier molecular flexibility index (Phi) is 6.49. The summed E-state index contributed by atoms with van der Waals surface area (Å²) in [4.78, 5) is 27.7. The number of ether oxygens (including phenoxy) is 1. The molecule has 2 amide bonds. The van der Waals surface area contributed by atoms with E-state index >= 15 is 0 Å². The molecule has 0 bridgehead atoms. The van der Waals surface area contributed by atoms with Crippen LogP contribution in [0.15, 0.2) is 0 Å². The van der Waals surface area contributed by atoms with Crippen LogP contribution in [-0.4, -0.2) is 66.2 Å². The third-order valence-electron chi connectivity index (χ3n) is 4.59. The lowest BCUT2D eigenvalue weighted by Gasteiger charge is -2.35. The molecule has 1 N–H and O–H groups in total. The van der Waals surface area contributed by atoms with Gasteiger partial charge in [-0.15, -0.1) is 0 Å². The fraction of sp³-hybridized carbons (Fsp3) is 0.889. The van der Waals surface area contributed by atoms with Gasteiger partial charge >= 0.3 is 6.09 Å². The van der Waals surface area contributed by atoms with Gasteiger partial charge in [0.15, 0.2) is 0 Å². The second-order valence-electron chi connectivity index (χ2n) is 8.19. The summed E-state index contributed by atoms with van der Waals surface area (Å²) in [6.45, 7) is 11.9. The average Bonchev–Trinajstić information content (AvgIpc) is 2.89. The zero-order valence-electron chi connectivity index (χ0n) is 15.6. The minimum absolute atomic E-state index is 0.206. The fourth-order valence-electron chi connectivity index (χ4n) is 3.38. The number of hydrogen-bond donors (Lipinski definition) is 1. The van der Waals surface area contributed by atoms with Crippen molar-refractivity contribution in [3.63, 3.8) is 0 Å². The highest BCUT2D eigenvalue weighted by molar-refractivity contribution is 5.78. The molecule has 0 saturated carbocycles. The smallest absolute Gasteiger partial charge is 0.410 e. The average molecular weight is 339 g/mol. The van der Waals surface area contributed by atoms with Crippen LogP contribution in [0.1, 0.15) is 53.4 Å². The highest BCUT2D eigenvalue weighted by Gasteiger charge is 2.28. The standard InChI is InChI=1S/C18H33N3O3/c1-14(12-20-9-6-8-16(20)22)19-11-15-7-5-10-21(13-15)17(23)24-18(2,3)4/h14-15,19H,5-13H2,1-4H3/t14-,15-/m0/s1. The quantitative estimate of drug-likeness (QED) is 0.834. The van der Waals surface area contributed by atoms with Gasteiger partial charge in [-0.3, -0.25) is 4.79 Å². The first-order chi connectivity index (χ1) is 11.2. The predicted molar refractivity (Wildman–Crippen MR) is 93.8 cm³/mol. The second-order valence-corrected chi connectivity index (χ2v) is 8.19. The molecule has 0 unspecified atom stereocenters. The van der Waals surface area contributed by atoms with E-state index in [0.717, 1.165) is 52.0 Å². The van der Waals surface area contributed by atoms with Gasteiger partial charge in [-0.1, -0.05) is 0 Å². The van der Waals surface area contributed by atoms with E-state index < -0.39 is 5.60 Å². The summed E-state index contributed by atoms with van der Waals surface area (Å²) in [5.74, 6) is 0.723. The molecule has 2 aliphatic heterocycles. The third-order valence-corrected chi connectivity index (χ3v) is 4.59. The zero-order chi connectivity index (χ0) is 17.7. The Morgan fingerprint density at radius 1 is 1.33 bits per heavy atom. The Morgan fingerprint density at radius 2 is 2.08 bits per heavy atom. The van der Waals surface area contributed by atoms with Gasteiger partial charge < -0.3 is 19.9 Å². The van der Waals surface area contributed by atoms with Crippen molar-refractivity contribution >= 4 is 12.0 Å². The number of amides is 2. The molecule has 0 aromatic heterocycles. The number of carbonyl (C=O) groups is 2. The monoisotopic (exact) mass is 339 g/mol. The first-order valence-corrected chi connectivity index (χ1v) is 9.23. The number of likely N-dealkylation sites (tertiary alicyclic amines) is 2. The van der Waals surface area contributed by atoms with Gasteiger partial charge in [-0.25, -0.2) is 4.79 Å². The van der Waals surface area contributed by atoms with Gasteiger partial charge in [-0.05, 0) is 59.4 Å². The molecule has 0 spiro atoms. The van der Waals surface area contributed by atoms with Crippen LogP contribution in [0.4, 0.5) is 4.79 Å². The van der Waals surface area contributed by atoms with Crippen molar-refractivity contribution in [1.29, 1.82) is 0 Å². The van der Waals surface area contributed by atoms with Crippen molar-refractivity contribution in [2.45, 2.75) is 65.0 Å². The molecular formula is C18H33N3O3. The van der Waals surface area contributed by atoms with E-state index in [9.17, 15) is 9.59 Å². The Bertz CT molecular complexity index is 447. The molecule has 0 aromatic rings. The lowest BCUT2D eigenvalue weighted by atomic mass is 9.98. The normalized spacial score (nSPS) is 23.5. The molecule has 138 valence electrons. The zero-order valence-corrected chi connectivity index (χ0v) is 15.6. The van der Waals surface area contributed by atoms with Gasteiger partial charge in [0.1, 0.15) is 5.60 Å². The highest BCUT2D eigenvalue weighted by atomic mass is 16.6. The maximum atomic E-state index is 12.2. The number of nitrogens with zero attached hydrogens (tertiary/aromatic N) is 2. The largest absolute Gasteiger partial charge is 0.444 e. The van der Waals surface area contributed by atoms with E-state index in [0.29, 0.717) is 12.3 Å². The summed E-state index contributed by atoms with van der Waals surface area (Å²) in [6, 6.07) is 0.281. The Balaban J connectivity index is 1.72. The third kappa shape index (κ3) is 5.96. The number of carbonyl (C=O) groups excluding carboxylic acids is 2. The molecular weight excluding hydrogens is 306 g/mol. The molecule has 24 heavy (non-hydrogen) atoms. The summed E-state index contributed by atoms with van der Waals surface area (Å²) in [6.07, 6.45) is 3.62. The molecule has 2 rings (SSSR count). The van der Waals surface area contributed by atoms with Crippen molar-refractivity contribution in [3.05, 3.63) is 0 Å². The lowest BCUT2D eigenvalue weighted by molar-refractivity contribution is -0.127. The minimum atomic E-state index is -0.445. The van der Waals surface area contributed by atoms with Gasteiger partial charge in [-0.2, -0.15) is 0 Å². The maximum Gasteiger partial charge on any atom is 0.410 e. The van der Waals surface area contributed by atoms with Gasteiger partial charge in [0.25, 0.3) is 0 Å². The van der Waals surface area contributed by atoms with Crippen LogP contribution in [-0.2, 0) is 9.53 Å². The summed E-state index contributed by atoms with van der Waals surface area (Å²) in [5, 5.41) is 3.53. The first-order valence-electron chi connectivity index (χ1n) is 9.23. The molecule has 0 aliphatic carbocycles. The maximum absolute atomic E-state index is 12.2. The van der Waals surface area contributed by atoms with Crippen molar-refractivity contribution < 1.29 is 14.3 Å². The molecule has 2 atom stereocenters. The predicted octanol–water partition coefficient (Wildman–Crippen LogP) is 2.23. The number of piperidine rings is 1. The minimum Gasteiger partial charge on any atom is -0.444 e. The SMILES string of the molecule is C[C@@H](CN1CCCC1=O)NC[C@@H]1CCCN(C(=O)OC(C)(C)C)C1. The summed E-state index contributed by atoms with van der Waals surface area (Å²) >= 11 is 0. The molecule has 2 heterocycles. The Hall–Kier alpha value is -1.30. The van der Waals surface area contributed by atoms with Crippen LogP contribution in [0.2, 0.25) is 0 Å². The Morgan fingerprint density at radius 3 is 2.71 bits per heavy atom. The summed E-state index contributed by atoms with van der Waals surface area (Å²) < 4.78 is 5.47. The summed E-state index contributed by atoms with van der Waals surface area (Å²) in [5.41, 5.74) is -0.445. The van der Waals surface area contributed by atoms with E-state index in [2.05, 4.69) is 12.2 Å². The van der Waals surface area contributed by atoms with Crippen molar-refractivity contribution in [2.75, 3.05) is 32.7 Å². The van der Waals surface area contributed by atoms with E-state index in [-0.39, 0.29) is 18.0 Å². The molecule has 6 heteroatoms. The Labute approximate surface area is 145 Å². The number of nitrogens with one attached hydrogen (secondary N) is 1. The molecule has 0 radical (unpaired) electrons. The first kappa shape index (κ1) is 19.0. The summed E-state index contributed by atoms with van der Waals surface area (Å²) in [7, 11) is 0. The molecule has 0 aromatic carbocycles. The topological polar surface area (TPSA) is 61.9 Å². The van der Waals surface area contributed by atoms with Crippen LogP contribution in [0.3, 0.4) is 0 Å². The van der Waals surface area contributed by atoms with E-state index in [1.54, 1.807) is 0 Å². The van der Waals surface area contributed by atoms with Crippen molar-refractivity contribution in [1.82, 2.24) is 15.1 Å². The van der Waals surface area contributed by atoms with Crippen LogP contribution < -0.4 is 5.32 Å². The van der Waals surface area contributed by atoms with E-state index in [4.69, 9.17) is 4.74 Å². The molecule has 6 nitrogen and oxygen atoms in total. The van der Waals surface area contributed by atoms with E-state index in [1.165, 1.54) is 0 Å². The van der Waals surface area contributed by atoms with Gasteiger partial charge in [0, 0.05) is 38.6 Å². The van der Waals surface area contributed by atoms with Crippen molar-refractivity contribution in [2.24, 2.45) is 5.92 Å². The van der Waals surface area contributed by atoms with E-state index in [1.807, 2.05) is 30.6 Å². The lowest BCUT2D eigenvalue weighted by Crippen LogP contribution is -2.47. The second kappa shape index (κ2) is 8.19. The fourth-order valence-corrected chi connectivity index (χ4v) is 3.38. The molecule has 2 saturated heterocycles. The number of hydrogen-bond acceptors (Lipinski definition) is 4. The van der Waals surface area contributed by atoms with Crippen LogP contribution in [0.5, 0.6) is 0 Å². The highest BCUT2D eigenvalue weighted by Crippen LogP contribution is 2.19. The molecule has 2 fully saturated rings.